The highest BCUT2D eigenvalue weighted by atomic mass is 19.1. The fourth-order valence-corrected chi connectivity index (χ4v) is 3.66. The lowest BCUT2D eigenvalue weighted by molar-refractivity contribution is 0.186. The van der Waals surface area contributed by atoms with Gasteiger partial charge in [-0.3, -0.25) is 4.90 Å². The van der Waals surface area contributed by atoms with Crippen LogP contribution in [0.1, 0.15) is 51.9 Å². The fraction of sp³-hybridized carbons (Fsp3) is 0.667. The molecule has 2 aromatic rings. The third kappa shape index (κ3) is 3.44. The van der Waals surface area contributed by atoms with Crippen LogP contribution in [-0.2, 0) is 6.54 Å². The van der Waals surface area contributed by atoms with Gasteiger partial charge in [-0.25, -0.2) is 14.4 Å². The second kappa shape index (κ2) is 7.57. The zero-order valence-corrected chi connectivity index (χ0v) is 14.9. The van der Waals surface area contributed by atoms with E-state index in [1.165, 1.54) is 12.3 Å². The SMILES string of the molecule is CCCC(c1nc2cc(F)cnc2n1CC)N1CCN[C@H](C)CC1. The minimum absolute atomic E-state index is 0.263. The number of pyridine rings is 1. The fourth-order valence-electron chi connectivity index (χ4n) is 3.66. The largest absolute Gasteiger partial charge is 0.313 e. The van der Waals surface area contributed by atoms with Gasteiger partial charge in [0.15, 0.2) is 5.65 Å². The van der Waals surface area contributed by atoms with Gasteiger partial charge in [-0.15, -0.1) is 0 Å². The first-order valence-corrected chi connectivity index (χ1v) is 9.13. The van der Waals surface area contributed by atoms with Crippen LogP contribution in [0.15, 0.2) is 12.3 Å². The van der Waals surface area contributed by atoms with Crippen molar-refractivity contribution in [1.82, 2.24) is 24.8 Å². The molecule has 0 spiro atoms. The van der Waals surface area contributed by atoms with E-state index in [9.17, 15) is 4.39 Å². The highest BCUT2D eigenvalue weighted by molar-refractivity contribution is 5.71. The van der Waals surface area contributed by atoms with Gasteiger partial charge in [0.25, 0.3) is 0 Å². The van der Waals surface area contributed by atoms with Crippen molar-refractivity contribution in [2.75, 3.05) is 19.6 Å². The van der Waals surface area contributed by atoms with E-state index >= 15 is 0 Å². The molecule has 0 saturated carbocycles. The summed E-state index contributed by atoms with van der Waals surface area (Å²) in [5, 5.41) is 3.55. The Morgan fingerprint density at radius 1 is 1.38 bits per heavy atom. The van der Waals surface area contributed by atoms with Crippen LogP contribution >= 0.6 is 0 Å². The molecule has 3 heterocycles. The molecular weight excluding hydrogens is 305 g/mol. The van der Waals surface area contributed by atoms with E-state index in [1.54, 1.807) is 0 Å². The molecule has 2 atom stereocenters. The Hall–Kier alpha value is -1.53. The monoisotopic (exact) mass is 333 g/mol. The normalized spacial score (nSPS) is 21.1. The van der Waals surface area contributed by atoms with Crippen LogP contribution < -0.4 is 5.32 Å². The summed E-state index contributed by atoms with van der Waals surface area (Å²) >= 11 is 0. The predicted octanol–water partition coefficient (Wildman–Crippen LogP) is 3.12. The average Bonchev–Trinajstić information content (AvgIpc) is 2.78. The number of hydrogen-bond acceptors (Lipinski definition) is 4. The first-order valence-electron chi connectivity index (χ1n) is 9.13. The summed E-state index contributed by atoms with van der Waals surface area (Å²) < 4.78 is 15.7. The standard InChI is InChI=1S/C18H28FN5/c1-4-6-16(23-9-7-13(3)20-8-10-23)18-22-15-11-14(19)12-21-17(15)24(18)5-2/h11-13,16,20H,4-10H2,1-3H3/t13-,16?/m1/s1. The van der Waals surface area contributed by atoms with Gasteiger partial charge in [0, 0.05) is 38.3 Å². The van der Waals surface area contributed by atoms with Gasteiger partial charge in [0.2, 0.25) is 0 Å². The minimum Gasteiger partial charge on any atom is -0.313 e. The molecular formula is C18H28FN5. The van der Waals surface area contributed by atoms with Crippen LogP contribution in [0, 0.1) is 5.82 Å². The summed E-state index contributed by atoms with van der Waals surface area (Å²) in [6.45, 7) is 10.4. The number of aryl methyl sites for hydroxylation is 1. The summed E-state index contributed by atoms with van der Waals surface area (Å²) in [6.07, 6.45) is 4.57. The third-order valence-electron chi connectivity index (χ3n) is 4.94. The van der Waals surface area contributed by atoms with E-state index < -0.39 is 0 Å². The lowest BCUT2D eigenvalue weighted by atomic mass is 10.1. The van der Waals surface area contributed by atoms with E-state index in [1.807, 2.05) is 0 Å². The van der Waals surface area contributed by atoms with Crippen LogP contribution in [0.3, 0.4) is 0 Å². The Kier molecular flexibility index (Phi) is 5.46. The van der Waals surface area contributed by atoms with Crippen molar-refractivity contribution in [2.24, 2.45) is 0 Å². The average molecular weight is 333 g/mol. The second-order valence-corrected chi connectivity index (χ2v) is 6.69. The molecule has 1 fully saturated rings. The van der Waals surface area contributed by atoms with Crippen molar-refractivity contribution in [3.63, 3.8) is 0 Å². The predicted molar refractivity (Wildman–Crippen MR) is 94.5 cm³/mol. The molecule has 6 heteroatoms. The van der Waals surface area contributed by atoms with Gasteiger partial charge in [-0.05, 0) is 26.7 Å². The number of hydrogen-bond donors (Lipinski definition) is 1. The van der Waals surface area contributed by atoms with Gasteiger partial charge in [-0.2, -0.15) is 0 Å². The van der Waals surface area contributed by atoms with Crippen LogP contribution in [0.5, 0.6) is 0 Å². The Bertz CT molecular complexity index is 683. The molecule has 24 heavy (non-hydrogen) atoms. The Labute approximate surface area is 143 Å². The number of aromatic nitrogens is 3. The third-order valence-corrected chi connectivity index (χ3v) is 4.94. The second-order valence-electron chi connectivity index (χ2n) is 6.69. The number of rotatable bonds is 5. The van der Waals surface area contributed by atoms with E-state index in [0.29, 0.717) is 11.6 Å². The van der Waals surface area contributed by atoms with Gasteiger partial charge >= 0.3 is 0 Å². The lowest BCUT2D eigenvalue weighted by Crippen LogP contribution is -2.34. The zero-order valence-electron chi connectivity index (χ0n) is 14.9. The van der Waals surface area contributed by atoms with Crippen molar-refractivity contribution in [1.29, 1.82) is 0 Å². The number of halogens is 1. The smallest absolute Gasteiger partial charge is 0.160 e. The number of nitrogens with zero attached hydrogens (tertiary/aromatic N) is 4. The summed E-state index contributed by atoms with van der Waals surface area (Å²) in [4.78, 5) is 11.6. The number of fused-ring (bicyclic) bond motifs is 1. The summed E-state index contributed by atoms with van der Waals surface area (Å²) in [7, 11) is 0. The summed E-state index contributed by atoms with van der Waals surface area (Å²) in [5.74, 6) is 0.705. The maximum Gasteiger partial charge on any atom is 0.160 e. The molecule has 5 nitrogen and oxygen atoms in total. The van der Waals surface area contributed by atoms with Gasteiger partial charge in [0.1, 0.15) is 17.2 Å². The van der Waals surface area contributed by atoms with Crippen molar-refractivity contribution >= 4 is 11.2 Å². The van der Waals surface area contributed by atoms with Gasteiger partial charge in [0.05, 0.1) is 12.2 Å². The molecule has 3 rings (SSSR count). The number of imidazole rings is 1. The molecule has 132 valence electrons. The van der Waals surface area contributed by atoms with Crippen LogP contribution in [0.4, 0.5) is 4.39 Å². The molecule has 0 amide bonds. The Morgan fingerprint density at radius 2 is 2.21 bits per heavy atom. The molecule has 0 radical (unpaired) electrons. The van der Waals surface area contributed by atoms with E-state index in [-0.39, 0.29) is 11.9 Å². The molecule has 1 saturated heterocycles. The van der Waals surface area contributed by atoms with Crippen molar-refractivity contribution < 1.29 is 4.39 Å². The van der Waals surface area contributed by atoms with E-state index in [2.05, 4.69) is 40.5 Å². The lowest BCUT2D eigenvalue weighted by Gasteiger charge is -2.30. The molecule has 1 N–H and O–H groups in total. The molecule has 1 aliphatic heterocycles. The first kappa shape index (κ1) is 17.3. The van der Waals surface area contributed by atoms with Crippen LogP contribution in [-0.4, -0.2) is 45.1 Å². The maximum absolute atomic E-state index is 13.6. The maximum atomic E-state index is 13.6. The Balaban J connectivity index is 1.99. The quantitative estimate of drug-likeness (QED) is 0.913. The van der Waals surface area contributed by atoms with Crippen molar-refractivity contribution in [3.8, 4) is 0 Å². The van der Waals surface area contributed by atoms with E-state index in [0.717, 1.165) is 56.9 Å². The first-order chi connectivity index (χ1) is 11.6. The molecule has 0 aromatic carbocycles. The van der Waals surface area contributed by atoms with E-state index in [4.69, 9.17) is 4.98 Å². The molecule has 0 aliphatic carbocycles. The molecule has 0 bridgehead atoms. The molecule has 2 aromatic heterocycles. The summed E-state index contributed by atoms with van der Waals surface area (Å²) in [6, 6.07) is 2.31. The Morgan fingerprint density at radius 3 is 2.96 bits per heavy atom. The summed E-state index contributed by atoms with van der Waals surface area (Å²) in [5.41, 5.74) is 1.45. The zero-order chi connectivity index (χ0) is 17.1. The van der Waals surface area contributed by atoms with Crippen LogP contribution in [0.2, 0.25) is 0 Å². The highest BCUT2D eigenvalue weighted by Gasteiger charge is 2.27. The van der Waals surface area contributed by atoms with Crippen molar-refractivity contribution in [3.05, 3.63) is 23.9 Å². The molecule has 1 aliphatic rings. The highest BCUT2D eigenvalue weighted by Crippen LogP contribution is 2.29. The number of nitrogens with one attached hydrogen (secondary N) is 1. The molecule has 1 unspecified atom stereocenters. The van der Waals surface area contributed by atoms with Gasteiger partial charge < -0.3 is 9.88 Å². The topological polar surface area (TPSA) is 46.0 Å². The minimum atomic E-state index is -0.324. The van der Waals surface area contributed by atoms with Crippen LogP contribution in [0.25, 0.3) is 11.2 Å². The van der Waals surface area contributed by atoms with Crippen molar-refractivity contribution in [2.45, 2.75) is 58.7 Å². The van der Waals surface area contributed by atoms with Gasteiger partial charge in [-0.1, -0.05) is 13.3 Å².